The van der Waals surface area contributed by atoms with E-state index in [1.807, 2.05) is 17.5 Å². The molecule has 0 bridgehead atoms. The number of aliphatic hydroxyl groups excluding tert-OH is 2. The Labute approximate surface area is 132 Å². The lowest BCUT2D eigenvalue weighted by Gasteiger charge is -2.33. The molecule has 1 saturated heterocycles. The molecule has 0 radical (unpaired) electrons. The summed E-state index contributed by atoms with van der Waals surface area (Å²) in [6, 6.07) is 3.92. The van der Waals surface area contributed by atoms with Gasteiger partial charge < -0.3 is 15.1 Å². The Kier molecular flexibility index (Phi) is 4.42. The van der Waals surface area contributed by atoms with Crippen molar-refractivity contribution in [2.45, 2.75) is 37.9 Å². The van der Waals surface area contributed by atoms with E-state index < -0.39 is 12.2 Å². The molecule has 2 aliphatic rings. The molecule has 118 valence electrons. The number of hydrogen-bond donors (Lipinski definition) is 2. The molecule has 1 aliphatic carbocycles. The van der Waals surface area contributed by atoms with Crippen molar-refractivity contribution in [3.63, 3.8) is 0 Å². The number of hydrogen-bond acceptors (Lipinski definition) is 5. The SMILES string of the molecule is O=C1CCC(c2cccs2)=C1CC(=O)N1CC[C@@H](O)[C@H](O)C1. The van der Waals surface area contributed by atoms with Gasteiger partial charge in [-0.05, 0) is 29.9 Å². The Bertz CT molecular complexity index is 608. The van der Waals surface area contributed by atoms with Crippen LogP contribution in [0.4, 0.5) is 0 Å². The van der Waals surface area contributed by atoms with Crippen molar-refractivity contribution in [2.24, 2.45) is 0 Å². The molecule has 1 fully saturated rings. The second kappa shape index (κ2) is 6.32. The lowest BCUT2D eigenvalue weighted by molar-refractivity contribution is -0.137. The third kappa shape index (κ3) is 2.99. The number of carbonyl (C=O) groups is 2. The molecule has 1 amide bonds. The van der Waals surface area contributed by atoms with E-state index in [1.54, 1.807) is 16.2 Å². The van der Waals surface area contributed by atoms with E-state index in [0.717, 1.165) is 10.5 Å². The summed E-state index contributed by atoms with van der Waals surface area (Å²) in [4.78, 5) is 27.1. The molecule has 1 aromatic rings. The van der Waals surface area contributed by atoms with Crippen LogP contribution < -0.4 is 0 Å². The smallest absolute Gasteiger partial charge is 0.227 e. The first kappa shape index (κ1) is 15.4. The number of carbonyl (C=O) groups excluding carboxylic acids is 2. The van der Waals surface area contributed by atoms with Gasteiger partial charge >= 0.3 is 0 Å². The summed E-state index contributed by atoms with van der Waals surface area (Å²) in [7, 11) is 0. The zero-order valence-corrected chi connectivity index (χ0v) is 13.0. The van der Waals surface area contributed by atoms with Gasteiger partial charge in [-0.15, -0.1) is 11.3 Å². The lowest BCUT2D eigenvalue weighted by atomic mass is 10.0. The van der Waals surface area contributed by atoms with Crippen LogP contribution in [0.15, 0.2) is 23.1 Å². The first-order valence-electron chi connectivity index (χ1n) is 7.49. The highest BCUT2D eigenvalue weighted by Crippen LogP contribution is 2.36. The molecule has 0 unspecified atom stereocenters. The second-order valence-electron chi connectivity index (χ2n) is 5.80. The number of β-amino-alcohol motifs (C(OH)–C–C–N with tert-alkyl or cyclic N) is 1. The third-order valence-electron chi connectivity index (χ3n) is 4.35. The Balaban J connectivity index is 1.75. The standard InChI is InChI=1S/C16H19NO4S/c18-12-4-3-10(15-2-1-7-22-15)11(12)8-16(21)17-6-5-13(19)14(20)9-17/h1-2,7,13-14,19-20H,3-6,8-9H2/t13-,14-/m1/s1. The number of piperidine rings is 1. The van der Waals surface area contributed by atoms with Gasteiger partial charge in [-0.1, -0.05) is 6.07 Å². The van der Waals surface area contributed by atoms with Crippen molar-refractivity contribution in [2.75, 3.05) is 13.1 Å². The molecule has 0 spiro atoms. The Hall–Kier alpha value is -1.50. The van der Waals surface area contributed by atoms with E-state index in [-0.39, 0.29) is 24.7 Å². The van der Waals surface area contributed by atoms with Crippen molar-refractivity contribution >= 4 is 28.6 Å². The number of amides is 1. The van der Waals surface area contributed by atoms with Gasteiger partial charge in [0.05, 0.1) is 18.6 Å². The fraction of sp³-hybridized carbons (Fsp3) is 0.500. The van der Waals surface area contributed by atoms with Gasteiger partial charge in [0.25, 0.3) is 0 Å². The van der Waals surface area contributed by atoms with Gasteiger partial charge in [0.2, 0.25) is 5.91 Å². The minimum Gasteiger partial charge on any atom is -0.390 e. The summed E-state index contributed by atoms with van der Waals surface area (Å²) in [6.07, 6.45) is -0.0339. The molecule has 5 nitrogen and oxygen atoms in total. The molecule has 22 heavy (non-hydrogen) atoms. The maximum Gasteiger partial charge on any atom is 0.227 e. The van der Waals surface area contributed by atoms with Crippen LogP contribution in [-0.4, -0.2) is 52.1 Å². The molecule has 2 atom stereocenters. The number of rotatable bonds is 3. The highest BCUT2D eigenvalue weighted by molar-refractivity contribution is 7.11. The summed E-state index contributed by atoms with van der Waals surface area (Å²) in [6.45, 7) is 0.558. The number of allylic oxidation sites excluding steroid dienone is 1. The van der Waals surface area contributed by atoms with Gasteiger partial charge in [-0.3, -0.25) is 9.59 Å². The van der Waals surface area contributed by atoms with Crippen LogP contribution in [0.3, 0.4) is 0 Å². The largest absolute Gasteiger partial charge is 0.390 e. The van der Waals surface area contributed by atoms with E-state index >= 15 is 0 Å². The zero-order valence-electron chi connectivity index (χ0n) is 12.2. The van der Waals surface area contributed by atoms with Gasteiger partial charge in [-0.2, -0.15) is 0 Å². The molecular weight excluding hydrogens is 302 g/mol. The molecule has 0 aromatic carbocycles. The van der Waals surface area contributed by atoms with E-state index in [1.165, 1.54) is 0 Å². The highest BCUT2D eigenvalue weighted by Gasteiger charge is 2.32. The van der Waals surface area contributed by atoms with Crippen molar-refractivity contribution in [1.82, 2.24) is 4.90 Å². The normalized spacial score (nSPS) is 25.9. The molecule has 0 saturated carbocycles. The fourth-order valence-corrected chi connectivity index (χ4v) is 3.87. The number of Topliss-reactive ketones (excluding diaryl/α,β-unsaturated/α-hetero) is 1. The van der Waals surface area contributed by atoms with Crippen LogP contribution in [-0.2, 0) is 9.59 Å². The van der Waals surface area contributed by atoms with E-state index in [2.05, 4.69) is 0 Å². The average molecular weight is 321 g/mol. The third-order valence-corrected chi connectivity index (χ3v) is 5.28. The maximum atomic E-state index is 12.4. The Morgan fingerprint density at radius 1 is 1.32 bits per heavy atom. The fourth-order valence-electron chi connectivity index (χ4n) is 3.04. The van der Waals surface area contributed by atoms with Crippen molar-refractivity contribution in [3.8, 4) is 0 Å². The van der Waals surface area contributed by atoms with E-state index in [0.29, 0.717) is 31.4 Å². The van der Waals surface area contributed by atoms with Crippen LogP contribution in [0.25, 0.3) is 5.57 Å². The summed E-state index contributed by atoms with van der Waals surface area (Å²) in [5.41, 5.74) is 1.61. The number of nitrogens with zero attached hydrogens (tertiary/aromatic N) is 1. The molecule has 1 aliphatic heterocycles. The van der Waals surface area contributed by atoms with Crippen LogP contribution in [0, 0.1) is 0 Å². The van der Waals surface area contributed by atoms with Crippen LogP contribution in [0.1, 0.15) is 30.6 Å². The molecular formula is C16H19NO4S. The summed E-state index contributed by atoms with van der Waals surface area (Å²) < 4.78 is 0. The summed E-state index contributed by atoms with van der Waals surface area (Å²) in [5.74, 6) is -0.0976. The van der Waals surface area contributed by atoms with E-state index in [9.17, 15) is 19.8 Å². The van der Waals surface area contributed by atoms with Crippen molar-refractivity contribution < 1.29 is 19.8 Å². The maximum absolute atomic E-state index is 12.4. The first-order valence-corrected chi connectivity index (χ1v) is 8.37. The molecule has 6 heteroatoms. The predicted octanol–water partition coefficient (Wildman–Crippen LogP) is 1.21. The number of aliphatic hydroxyl groups is 2. The quantitative estimate of drug-likeness (QED) is 0.877. The van der Waals surface area contributed by atoms with Gasteiger partial charge in [0.1, 0.15) is 0 Å². The predicted molar refractivity (Wildman–Crippen MR) is 83.3 cm³/mol. The highest BCUT2D eigenvalue weighted by atomic mass is 32.1. The van der Waals surface area contributed by atoms with Crippen LogP contribution in [0.2, 0.25) is 0 Å². The monoisotopic (exact) mass is 321 g/mol. The second-order valence-corrected chi connectivity index (χ2v) is 6.75. The Morgan fingerprint density at radius 3 is 2.82 bits per heavy atom. The van der Waals surface area contributed by atoms with Crippen molar-refractivity contribution in [3.05, 3.63) is 28.0 Å². The minimum atomic E-state index is -0.900. The summed E-state index contributed by atoms with van der Waals surface area (Å²) in [5, 5.41) is 21.2. The number of ketones is 1. The minimum absolute atomic E-state index is 0.0503. The van der Waals surface area contributed by atoms with Gasteiger partial charge in [0, 0.05) is 30.0 Å². The van der Waals surface area contributed by atoms with Gasteiger partial charge in [0.15, 0.2) is 5.78 Å². The van der Waals surface area contributed by atoms with Gasteiger partial charge in [-0.25, -0.2) is 0 Å². The topological polar surface area (TPSA) is 77.8 Å². The first-order chi connectivity index (χ1) is 10.6. The number of thiophene rings is 1. The van der Waals surface area contributed by atoms with Crippen LogP contribution in [0.5, 0.6) is 0 Å². The molecule has 2 N–H and O–H groups in total. The molecule has 3 rings (SSSR count). The zero-order chi connectivity index (χ0) is 15.7. The lowest BCUT2D eigenvalue weighted by Crippen LogP contribution is -2.49. The molecule has 2 heterocycles. The van der Waals surface area contributed by atoms with Crippen molar-refractivity contribution in [1.29, 1.82) is 0 Å². The Morgan fingerprint density at radius 2 is 2.14 bits per heavy atom. The summed E-state index contributed by atoms with van der Waals surface area (Å²) >= 11 is 1.58. The number of likely N-dealkylation sites (tertiary alicyclic amines) is 1. The van der Waals surface area contributed by atoms with Crippen LogP contribution >= 0.6 is 11.3 Å². The van der Waals surface area contributed by atoms with E-state index in [4.69, 9.17) is 0 Å². The average Bonchev–Trinajstić information content (AvgIpc) is 3.13. The molecule has 1 aromatic heterocycles.